The molecule has 98 valence electrons. The van der Waals surface area contributed by atoms with E-state index in [1.54, 1.807) is 7.11 Å². The summed E-state index contributed by atoms with van der Waals surface area (Å²) in [5.41, 5.74) is 1.27. The molecule has 1 aliphatic carbocycles. The minimum Gasteiger partial charge on any atom is -0.497 e. The molecule has 0 spiro atoms. The van der Waals surface area contributed by atoms with Gasteiger partial charge in [0, 0.05) is 25.1 Å². The van der Waals surface area contributed by atoms with E-state index in [9.17, 15) is 0 Å². The van der Waals surface area contributed by atoms with Crippen molar-refractivity contribution in [1.29, 1.82) is 0 Å². The molecule has 0 amide bonds. The van der Waals surface area contributed by atoms with Gasteiger partial charge in [-0.2, -0.15) is 0 Å². The van der Waals surface area contributed by atoms with E-state index in [0.29, 0.717) is 5.92 Å². The fraction of sp³-hybridized carbons (Fsp3) is 0.600. The molecule has 1 saturated carbocycles. The van der Waals surface area contributed by atoms with Crippen molar-refractivity contribution in [3.8, 4) is 5.75 Å². The van der Waals surface area contributed by atoms with Gasteiger partial charge in [0.2, 0.25) is 0 Å². The minimum absolute atomic E-state index is 0.252. The minimum atomic E-state index is 0.252. The van der Waals surface area contributed by atoms with Gasteiger partial charge in [-0.25, -0.2) is 0 Å². The second kappa shape index (κ2) is 5.29. The van der Waals surface area contributed by atoms with E-state index in [1.165, 1.54) is 18.4 Å². The average molecular weight is 247 g/mol. The summed E-state index contributed by atoms with van der Waals surface area (Å²) >= 11 is 0. The highest BCUT2D eigenvalue weighted by Gasteiger charge is 2.31. The third-order valence-corrected chi connectivity index (χ3v) is 3.90. The lowest BCUT2D eigenvalue weighted by Crippen LogP contribution is -2.26. The monoisotopic (exact) mass is 247 g/mol. The Bertz CT molecular complexity index is 386. The molecule has 1 heterocycles. The van der Waals surface area contributed by atoms with Gasteiger partial charge in [0.25, 0.3) is 0 Å². The predicted molar refractivity (Wildman–Crippen MR) is 70.8 cm³/mol. The summed E-state index contributed by atoms with van der Waals surface area (Å²) in [5.74, 6) is 1.52. The van der Waals surface area contributed by atoms with E-state index >= 15 is 0 Å². The molecular formula is C15H21NO2. The van der Waals surface area contributed by atoms with Crippen molar-refractivity contribution in [1.82, 2.24) is 5.32 Å². The Labute approximate surface area is 108 Å². The van der Waals surface area contributed by atoms with E-state index in [1.807, 2.05) is 12.1 Å². The molecule has 2 atom stereocenters. The van der Waals surface area contributed by atoms with E-state index in [4.69, 9.17) is 9.47 Å². The maximum absolute atomic E-state index is 5.90. The molecule has 3 nitrogen and oxygen atoms in total. The first-order valence-electron chi connectivity index (χ1n) is 6.86. The Morgan fingerprint density at radius 1 is 1.22 bits per heavy atom. The molecule has 1 aliphatic heterocycles. The van der Waals surface area contributed by atoms with Crippen molar-refractivity contribution >= 4 is 0 Å². The van der Waals surface area contributed by atoms with Crippen molar-refractivity contribution in [3.63, 3.8) is 0 Å². The third-order valence-electron chi connectivity index (χ3n) is 3.90. The molecule has 2 aliphatic rings. The largest absolute Gasteiger partial charge is 0.497 e. The highest BCUT2D eigenvalue weighted by Crippen LogP contribution is 2.35. The van der Waals surface area contributed by atoms with Gasteiger partial charge in [-0.3, -0.25) is 0 Å². The summed E-state index contributed by atoms with van der Waals surface area (Å²) in [6, 6.07) is 9.06. The van der Waals surface area contributed by atoms with Crippen LogP contribution in [0.5, 0.6) is 5.75 Å². The van der Waals surface area contributed by atoms with Crippen LogP contribution in [0.15, 0.2) is 24.3 Å². The fourth-order valence-electron chi connectivity index (χ4n) is 2.61. The molecule has 0 radical (unpaired) electrons. The molecule has 1 aromatic rings. The smallest absolute Gasteiger partial charge is 0.118 e. The Hall–Kier alpha value is -1.06. The van der Waals surface area contributed by atoms with Gasteiger partial charge in [-0.15, -0.1) is 0 Å². The Kier molecular flexibility index (Phi) is 3.52. The number of benzene rings is 1. The van der Waals surface area contributed by atoms with Gasteiger partial charge < -0.3 is 14.8 Å². The zero-order chi connectivity index (χ0) is 12.4. The zero-order valence-electron chi connectivity index (χ0n) is 10.9. The zero-order valence-corrected chi connectivity index (χ0v) is 10.9. The first kappa shape index (κ1) is 12.0. The summed E-state index contributed by atoms with van der Waals surface area (Å²) in [6.45, 7) is 1.97. The van der Waals surface area contributed by atoms with Crippen LogP contribution in [0.1, 0.15) is 30.9 Å². The van der Waals surface area contributed by atoms with Crippen LogP contribution in [0.4, 0.5) is 0 Å². The van der Waals surface area contributed by atoms with Crippen molar-refractivity contribution < 1.29 is 9.47 Å². The van der Waals surface area contributed by atoms with Crippen LogP contribution >= 0.6 is 0 Å². The maximum Gasteiger partial charge on any atom is 0.118 e. The van der Waals surface area contributed by atoms with Gasteiger partial charge in [0.1, 0.15) is 5.75 Å². The summed E-state index contributed by atoms with van der Waals surface area (Å²) in [6.07, 6.45) is 4.11. The van der Waals surface area contributed by atoms with Crippen LogP contribution in [0.2, 0.25) is 0 Å². The quantitative estimate of drug-likeness (QED) is 0.867. The van der Waals surface area contributed by atoms with E-state index in [2.05, 4.69) is 17.4 Å². The second-order valence-corrected chi connectivity index (χ2v) is 5.30. The topological polar surface area (TPSA) is 30.5 Å². The molecule has 0 aromatic heterocycles. The van der Waals surface area contributed by atoms with Gasteiger partial charge in [0.05, 0.1) is 13.2 Å². The molecule has 3 heteroatoms. The van der Waals surface area contributed by atoms with Crippen molar-refractivity contribution in [3.05, 3.63) is 29.8 Å². The first-order valence-corrected chi connectivity index (χ1v) is 6.86. The molecule has 1 aromatic carbocycles. The molecular weight excluding hydrogens is 226 g/mol. The lowest BCUT2D eigenvalue weighted by molar-refractivity contribution is 0.0904. The highest BCUT2D eigenvalue weighted by atomic mass is 16.5. The predicted octanol–water partition coefficient (Wildman–Crippen LogP) is 2.52. The van der Waals surface area contributed by atoms with Gasteiger partial charge in [-0.1, -0.05) is 12.1 Å². The molecule has 1 N–H and O–H groups in total. The van der Waals surface area contributed by atoms with E-state index in [0.717, 1.165) is 31.4 Å². The first-order chi connectivity index (χ1) is 8.86. The van der Waals surface area contributed by atoms with Crippen LogP contribution in [-0.2, 0) is 4.74 Å². The highest BCUT2D eigenvalue weighted by molar-refractivity contribution is 5.29. The molecule has 0 bridgehead atoms. The SMILES string of the molecule is COc1ccc(C2OCCC2CNC2CC2)cc1. The van der Waals surface area contributed by atoms with Crippen LogP contribution < -0.4 is 10.1 Å². The normalized spacial score (nSPS) is 27.4. The molecule has 3 rings (SSSR count). The van der Waals surface area contributed by atoms with E-state index in [-0.39, 0.29) is 6.10 Å². The third kappa shape index (κ3) is 2.68. The van der Waals surface area contributed by atoms with Crippen LogP contribution in [-0.4, -0.2) is 26.3 Å². The summed E-state index contributed by atoms with van der Waals surface area (Å²) < 4.78 is 11.1. The number of hydrogen-bond donors (Lipinski definition) is 1. The van der Waals surface area contributed by atoms with Crippen molar-refractivity contribution in [2.24, 2.45) is 5.92 Å². The number of hydrogen-bond acceptors (Lipinski definition) is 3. The molecule has 2 unspecified atom stereocenters. The van der Waals surface area contributed by atoms with Crippen molar-refractivity contribution in [2.75, 3.05) is 20.3 Å². The number of nitrogens with one attached hydrogen (secondary N) is 1. The molecule has 1 saturated heterocycles. The van der Waals surface area contributed by atoms with Crippen LogP contribution in [0, 0.1) is 5.92 Å². The molecule has 18 heavy (non-hydrogen) atoms. The molecule has 2 fully saturated rings. The van der Waals surface area contributed by atoms with Crippen molar-refractivity contribution in [2.45, 2.75) is 31.4 Å². The number of methoxy groups -OCH3 is 1. The summed E-state index contributed by atoms with van der Waals surface area (Å²) in [5, 5.41) is 3.62. The van der Waals surface area contributed by atoms with Crippen LogP contribution in [0.3, 0.4) is 0 Å². The van der Waals surface area contributed by atoms with Gasteiger partial charge in [0.15, 0.2) is 0 Å². The van der Waals surface area contributed by atoms with Crippen LogP contribution in [0.25, 0.3) is 0 Å². The lowest BCUT2D eigenvalue weighted by Gasteiger charge is -2.19. The number of ether oxygens (including phenoxy) is 2. The Morgan fingerprint density at radius 2 is 2.00 bits per heavy atom. The van der Waals surface area contributed by atoms with Gasteiger partial charge >= 0.3 is 0 Å². The summed E-state index contributed by atoms with van der Waals surface area (Å²) in [7, 11) is 1.70. The average Bonchev–Trinajstić information content (AvgIpc) is 3.14. The Morgan fingerprint density at radius 3 is 2.67 bits per heavy atom. The standard InChI is InChI=1S/C15H21NO2/c1-17-14-6-2-11(3-7-14)15-12(8-9-18-15)10-16-13-4-5-13/h2-3,6-7,12-13,15-16H,4-5,8-10H2,1H3. The number of rotatable bonds is 5. The van der Waals surface area contributed by atoms with Gasteiger partial charge in [-0.05, 0) is 37.0 Å². The maximum atomic E-state index is 5.90. The fourth-order valence-corrected chi connectivity index (χ4v) is 2.61. The Balaban J connectivity index is 1.64. The lowest BCUT2D eigenvalue weighted by atomic mass is 9.95. The summed E-state index contributed by atoms with van der Waals surface area (Å²) in [4.78, 5) is 0. The van der Waals surface area contributed by atoms with E-state index < -0.39 is 0 Å². The second-order valence-electron chi connectivity index (χ2n) is 5.30.